The van der Waals surface area contributed by atoms with Gasteiger partial charge in [-0.05, 0) is 24.0 Å². The van der Waals surface area contributed by atoms with Gasteiger partial charge in [0.15, 0.2) is 0 Å². The van der Waals surface area contributed by atoms with E-state index in [1.165, 1.54) is 32.5 Å². The molecule has 2 nitrogen and oxygen atoms in total. The Bertz CT molecular complexity index is 371. The van der Waals surface area contributed by atoms with Gasteiger partial charge in [0, 0.05) is 25.0 Å². The topological polar surface area (TPSA) is 12.5 Å². The molecular formula is C15H21NO. The van der Waals surface area contributed by atoms with Gasteiger partial charge in [-0.15, -0.1) is 0 Å². The van der Waals surface area contributed by atoms with Crippen molar-refractivity contribution in [1.29, 1.82) is 0 Å². The van der Waals surface area contributed by atoms with Gasteiger partial charge in [-0.3, -0.25) is 0 Å². The summed E-state index contributed by atoms with van der Waals surface area (Å²) in [4.78, 5) is 2.61. The summed E-state index contributed by atoms with van der Waals surface area (Å²) in [5, 5.41) is 0. The molecule has 1 aromatic carbocycles. The molecule has 0 aliphatic carbocycles. The Kier molecular flexibility index (Phi) is 2.93. The Morgan fingerprint density at radius 1 is 1.12 bits per heavy atom. The fourth-order valence-corrected chi connectivity index (χ4v) is 2.95. The van der Waals surface area contributed by atoms with Crippen molar-refractivity contribution in [2.75, 3.05) is 32.8 Å². The Morgan fingerprint density at radius 2 is 1.71 bits per heavy atom. The van der Waals surface area contributed by atoms with E-state index >= 15 is 0 Å². The molecule has 0 radical (unpaired) electrons. The minimum Gasteiger partial charge on any atom is -0.380 e. The van der Waals surface area contributed by atoms with Crippen molar-refractivity contribution in [2.45, 2.75) is 19.8 Å². The van der Waals surface area contributed by atoms with Crippen LogP contribution in [0.3, 0.4) is 0 Å². The standard InChI is InChI=1S/C15H21NO/c1-15(11-17-12-15)10-16-8-6-13-4-2-3-5-14(13)7-9-16/h2-5H,6-12H2,1H3. The van der Waals surface area contributed by atoms with E-state index in [1.807, 2.05) is 0 Å². The molecule has 17 heavy (non-hydrogen) atoms. The summed E-state index contributed by atoms with van der Waals surface area (Å²) < 4.78 is 5.35. The number of nitrogens with zero attached hydrogens (tertiary/aromatic N) is 1. The van der Waals surface area contributed by atoms with E-state index in [0.717, 1.165) is 13.2 Å². The minimum atomic E-state index is 0.413. The number of rotatable bonds is 2. The van der Waals surface area contributed by atoms with Crippen molar-refractivity contribution in [1.82, 2.24) is 4.90 Å². The summed E-state index contributed by atoms with van der Waals surface area (Å²) in [6.45, 7) is 7.82. The van der Waals surface area contributed by atoms with Crippen molar-refractivity contribution < 1.29 is 4.74 Å². The molecule has 0 N–H and O–H groups in total. The van der Waals surface area contributed by atoms with Crippen LogP contribution in [-0.2, 0) is 17.6 Å². The lowest BCUT2D eigenvalue weighted by Crippen LogP contribution is -2.49. The summed E-state index contributed by atoms with van der Waals surface area (Å²) in [6, 6.07) is 8.89. The molecule has 2 heteroatoms. The highest BCUT2D eigenvalue weighted by Gasteiger charge is 2.35. The average molecular weight is 231 g/mol. The third kappa shape index (κ3) is 2.38. The Labute approximate surface area is 104 Å². The highest BCUT2D eigenvalue weighted by molar-refractivity contribution is 5.28. The molecule has 0 amide bonds. The first-order valence-electron chi connectivity index (χ1n) is 6.62. The van der Waals surface area contributed by atoms with Crippen molar-refractivity contribution in [3.8, 4) is 0 Å². The van der Waals surface area contributed by atoms with Gasteiger partial charge in [0.1, 0.15) is 0 Å². The predicted octanol–water partition coefficient (Wildman–Crippen LogP) is 2.12. The normalized spacial score (nSPS) is 23.6. The fourth-order valence-electron chi connectivity index (χ4n) is 2.95. The maximum Gasteiger partial charge on any atom is 0.0554 e. The molecular weight excluding hydrogens is 210 g/mol. The Hall–Kier alpha value is -0.860. The van der Waals surface area contributed by atoms with E-state index in [2.05, 4.69) is 36.1 Å². The second kappa shape index (κ2) is 4.43. The lowest BCUT2D eigenvalue weighted by molar-refractivity contribution is -0.114. The SMILES string of the molecule is CC1(CN2CCc3ccccc3CC2)COC1. The van der Waals surface area contributed by atoms with Gasteiger partial charge in [-0.2, -0.15) is 0 Å². The zero-order chi connectivity index (χ0) is 11.7. The third-order valence-electron chi connectivity index (χ3n) is 4.02. The van der Waals surface area contributed by atoms with Crippen molar-refractivity contribution >= 4 is 0 Å². The Morgan fingerprint density at radius 3 is 2.18 bits per heavy atom. The molecule has 3 rings (SSSR count). The first-order valence-corrected chi connectivity index (χ1v) is 6.62. The molecule has 0 saturated carbocycles. The van der Waals surface area contributed by atoms with Gasteiger partial charge in [-0.25, -0.2) is 0 Å². The van der Waals surface area contributed by atoms with Crippen LogP contribution in [-0.4, -0.2) is 37.7 Å². The van der Waals surface area contributed by atoms with E-state index < -0.39 is 0 Å². The van der Waals surface area contributed by atoms with Crippen LogP contribution in [0.2, 0.25) is 0 Å². The number of hydrogen-bond acceptors (Lipinski definition) is 2. The molecule has 1 saturated heterocycles. The van der Waals surface area contributed by atoms with Crippen LogP contribution in [0.15, 0.2) is 24.3 Å². The molecule has 0 spiro atoms. The summed E-state index contributed by atoms with van der Waals surface area (Å²) in [6.07, 6.45) is 2.40. The molecule has 92 valence electrons. The third-order valence-corrected chi connectivity index (χ3v) is 4.02. The van der Waals surface area contributed by atoms with Crippen molar-refractivity contribution in [2.24, 2.45) is 5.41 Å². The highest BCUT2D eigenvalue weighted by Crippen LogP contribution is 2.28. The quantitative estimate of drug-likeness (QED) is 0.773. The molecule has 0 unspecified atom stereocenters. The second-order valence-electron chi connectivity index (χ2n) is 5.85. The van der Waals surface area contributed by atoms with Crippen molar-refractivity contribution in [3.05, 3.63) is 35.4 Å². The zero-order valence-electron chi connectivity index (χ0n) is 10.6. The van der Waals surface area contributed by atoms with Gasteiger partial charge in [0.05, 0.1) is 13.2 Å². The van der Waals surface area contributed by atoms with Gasteiger partial charge in [0.25, 0.3) is 0 Å². The van der Waals surface area contributed by atoms with Crippen LogP contribution in [0.1, 0.15) is 18.1 Å². The predicted molar refractivity (Wildman–Crippen MR) is 69.2 cm³/mol. The first kappa shape index (κ1) is 11.2. The van der Waals surface area contributed by atoms with E-state index in [1.54, 1.807) is 11.1 Å². The molecule has 2 aliphatic rings. The number of ether oxygens (including phenoxy) is 1. The summed E-state index contributed by atoms with van der Waals surface area (Å²) in [5.41, 5.74) is 3.51. The Balaban J connectivity index is 1.65. The van der Waals surface area contributed by atoms with E-state index in [0.29, 0.717) is 5.41 Å². The van der Waals surface area contributed by atoms with Crippen LogP contribution in [0.4, 0.5) is 0 Å². The molecule has 0 bridgehead atoms. The highest BCUT2D eigenvalue weighted by atomic mass is 16.5. The maximum absolute atomic E-state index is 5.35. The van der Waals surface area contributed by atoms with Crippen LogP contribution in [0.5, 0.6) is 0 Å². The summed E-state index contributed by atoms with van der Waals surface area (Å²) >= 11 is 0. The molecule has 0 atom stereocenters. The molecule has 1 aromatic rings. The lowest BCUT2D eigenvalue weighted by atomic mass is 9.88. The smallest absolute Gasteiger partial charge is 0.0554 e. The maximum atomic E-state index is 5.35. The average Bonchev–Trinajstić information content (AvgIpc) is 2.50. The molecule has 2 aliphatic heterocycles. The largest absolute Gasteiger partial charge is 0.380 e. The monoisotopic (exact) mass is 231 g/mol. The van der Waals surface area contributed by atoms with Crippen LogP contribution >= 0.6 is 0 Å². The number of fused-ring (bicyclic) bond motifs is 1. The van der Waals surface area contributed by atoms with Gasteiger partial charge in [-0.1, -0.05) is 31.2 Å². The molecule has 0 aromatic heterocycles. The van der Waals surface area contributed by atoms with E-state index in [9.17, 15) is 0 Å². The van der Waals surface area contributed by atoms with E-state index in [-0.39, 0.29) is 0 Å². The van der Waals surface area contributed by atoms with Crippen LogP contribution < -0.4 is 0 Å². The summed E-state index contributed by atoms with van der Waals surface area (Å²) in [5.74, 6) is 0. The van der Waals surface area contributed by atoms with E-state index in [4.69, 9.17) is 4.74 Å². The van der Waals surface area contributed by atoms with Gasteiger partial charge >= 0.3 is 0 Å². The lowest BCUT2D eigenvalue weighted by Gasteiger charge is -2.41. The second-order valence-corrected chi connectivity index (χ2v) is 5.85. The van der Waals surface area contributed by atoms with Gasteiger partial charge < -0.3 is 9.64 Å². The molecule has 2 heterocycles. The van der Waals surface area contributed by atoms with Crippen molar-refractivity contribution in [3.63, 3.8) is 0 Å². The minimum absolute atomic E-state index is 0.413. The zero-order valence-corrected chi connectivity index (χ0v) is 10.6. The number of hydrogen-bond donors (Lipinski definition) is 0. The number of benzene rings is 1. The van der Waals surface area contributed by atoms with Gasteiger partial charge in [0.2, 0.25) is 0 Å². The summed E-state index contributed by atoms with van der Waals surface area (Å²) in [7, 11) is 0. The first-order chi connectivity index (χ1) is 8.25. The molecule has 1 fully saturated rings. The van der Waals surface area contributed by atoms with Crippen LogP contribution in [0.25, 0.3) is 0 Å². The fraction of sp³-hybridized carbons (Fsp3) is 0.600. The van der Waals surface area contributed by atoms with Crippen LogP contribution in [0, 0.1) is 5.41 Å².